The molecule has 0 saturated heterocycles. The Kier molecular flexibility index (Phi) is 3.75. The molecule has 3 rings (SSSR count). The summed E-state index contributed by atoms with van der Waals surface area (Å²) in [6.45, 7) is 0. The van der Waals surface area contributed by atoms with E-state index in [0.29, 0.717) is 4.64 Å². The number of benzene rings is 1. The van der Waals surface area contributed by atoms with E-state index < -0.39 is 0 Å². The third-order valence-corrected chi connectivity index (χ3v) is 5.24. The van der Waals surface area contributed by atoms with E-state index in [9.17, 15) is 0 Å². The number of halogens is 1. The van der Waals surface area contributed by atoms with E-state index in [1.807, 2.05) is 18.2 Å². The van der Waals surface area contributed by atoms with Crippen LogP contribution >= 0.6 is 28.1 Å². The van der Waals surface area contributed by atoms with Crippen LogP contribution < -0.4 is 0 Å². The zero-order valence-corrected chi connectivity index (χ0v) is 13.6. The fraction of sp³-hybridized carbons (Fsp3) is 0.333. The number of ether oxygens (including phenoxy) is 1. The molecule has 1 N–H and O–H groups in total. The summed E-state index contributed by atoms with van der Waals surface area (Å²) in [4.78, 5) is 7.93. The van der Waals surface area contributed by atoms with Gasteiger partial charge in [0.25, 0.3) is 0 Å². The van der Waals surface area contributed by atoms with Gasteiger partial charge in [0.2, 0.25) is 0 Å². The van der Waals surface area contributed by atoms with Gasteiger partial charge in [0.05, 0.1) is 10.2 Å². The summed E-state index contributed by atoms with van der Waals surface area (Å²) in [5.41, 5.74) is 1.75. The van der Waals surface area contributed by atoms with Crippen molar-refractivity contribution >= 4 is 28.1 Å². The Balaban J connectivity index is 2.16. The molecule has 0 radical (unpaired) electrons. The number of nitrogens with zero attached hydrogens (tertiary/aromatic N) is 1. The Bertz CT molecular complexity index is 675. The Morgan fingerprint density at radius 1 is 1.30 bits per heavy atom. The van der Waals surface area contributed by atoms with Gasteiger partial charge in [0, 0.05) is 7.11 Å². The van der Waals surface area contributed by atoms with E-state index in [4.69, 9.17) is 17.0 Å². The van der Waals surface area contributed by atoms with E-state index in [0.717, 1.165) is 40.8 Å². The molecule has 1 aromatic heterocycles. The molecule has 1 aliphatic carbocycles. The third kappa shape index (κ3) is 2.24. The average Bonchev–Trinajstić information content (AvgIpc) is 2.43. The molecule has 0 amide bonds. The highest BCUT2D eigenvalue weighted by molar-refractivity contribution is 9.10. The molecule has 1 saturated carbocycles. The van der Waals surface area contributed by atoms with Gasteiger partial charge in [-0.25, -0.2) is 4.98 Å². The first kappa shape index (κ1) is 13.9. The second-order valence-corrected chi connectivity index (χ2v) is 6.18. The monoisotopic (exact) mass is 350 g/mol. The maximum atomic E-state index is 5.69. The van der Waals surface area contributed by atoms with Gasteiger partial charge in [-0.15, -0.1) is 0 Å². The van der Waals surface area contributed by atoms with Crippen molar-refractivity contribution in [2.45, 2.75) is 24.9 Å². The summed E-state index contributed by atoms with van der Waals surface area (Å²) in [6.07, 6.45) is 3.13. The van der Waals surface area contributed by atoms with E-state index in [-0.39, 0.29) is 5.60 Å². The molecule has 0 bridgehead atoms. The van der Waals surface area contributed by atoms with Crippen LogP contribution in [0.1, 0.15) is 25.1 Å². The lowest BCUT2D eigenvalue weighted by atomic mass is 9.79. The maximum absolute atomic E-state index is 5.69. The zero-order valence-electron chi connectivity index (χ0n) is 11.1. The van der Waals surface area contributed by atoms with Crippen molar-refractivity contribution in [1.29, 1.82) is 0 Å². The molecule has 0 atom stereocenters. The lowest BCUT2D eigenvalue weighted by Crippen LogP contribution is -2.38. The molecule has 3 nitrogen and oxygen atoms in total. The summed E-state index contributed by atoms with van der Waals surface area (Å²) in [7, 11) is 1.74. The van der Waals surface area contributed by atoms with Gasteiger partial charge in [0.15, 0.2) is 0 Å². The quantitative estimate of drug-likeness (QED) is 0.822. The van der Waals surface area contributed by atoms with Crippen LogP contribution in [0.5, 0.6) is 0 Å². The van der Waals surface area contributed by atoms with Crippen LogP contribution in [0.25, 0.3) is 11.3 Å². The minimum atomic E-state index is -0.294. The molecular formula is C15H15BrN2OS. The Morgan fingerprint density at radius 2 is 2.00 bits per heavy atom. The average molecular weight is 351 g/mol. The van der Waals surface area contributed by atoms with Crippen LogP contribution in [0, 0.1) is 4.64 Å². The molecule has 104 valence electrons. The van der Waals surface area contributed by atoms with Crippen LogP contribution in [-0.4, -0.2) is 17.1 Å². The predicted octanol–water partition coefficient (Wildman–Crippen LogP) is 4.59. The van der Waals surface area contributed by atoms with Gasteiger partial charge in [-0.2, -0.15) is 0 Å². The molecule has 1 aliphatic rings. The van der Waals surface area contributed by atoms with Gasteiger partial charge < -0.3 is 9.72 Å². The first-order valence-corrected chi connectivity index (χ1v) is 7.77. The number of rotatable bonds is 3. The lowest BCUT2D eigenvalue weighted by Gasteiger charge is -2.39. The number of methoxy groups -OCH3 is 1. The molecule has 1 fully saturated rings. The van der Waals surface area contributed by atoms with Crippen LogP contribution in [0.15, 0.2) is 34.8 Å². The van der Waals surface area contributed by atoms with E-state index in [2.05, 4.69) is 38.0 Å². The Labute approximate surface area is 131 Å². The third-order valence-electron chi connectivity index (χ3n) is 3.91. The number of nitrogens with one attached hydrogen (secondary N) is 1. The fourth-order valence-electron chi connectivity index (χ4n) is 2.51. The van der Waals surface area contributed by atoms with Crippen molar-refractivity contribution in [3.8, 4) is 11.3 Å². The van der Waals surface area contributed by atoms with Gasteiger partial charge in [-0.1, -0.05) is 42.5 Å². The first-order chi connectivity index (χ1) is 9.66. The zero-order chi connectivity index (χ0) is 14.2. The van der Waals surface area contributed by atoms with Crippen LogP contribution in [0.2, 0.25) is 0 Å². The minimum Gasteiger partial charge on any atom is -0.370 e. The van der Waals surface area contributed by atoms with Crippen molar-refractivity contribution in [3.05, 3.63) is 45.3 Å². The molecule has 0 unspecified atom stereocenters. The van der Waals surface area contributed by atoms with Crippen molar-refractivity contribution in [1.82, 2.24) is 9.97 Å². The topological polar surface area (TPSA) is 37.9 Å². The normalized spacial score (nSPS) is 16.7. The Morgan fingerprint density at radius 3 is 2.55 bits per heavy atom. The molecular weight excluding hydrogens is 336 g/mol. The van der Waals surface area contributed by atoms with Crippen LogP contribution in [-0.2, 0) is 10.3 Å². The van der Waals surface area contributed by atoms with Crippen LogP contribution in [0.3, 0.4) is 0 Å². The number of H-pyrrole nitrogens is 1. The highest BCUT2D eigenvalue weighted by atomic mass is 79.9. The molecule has 20 heavy (non-hydrogen) atoms. The van der Waals surface area contributed by atoms with E-state index in [1.54, 1.807) is 7.11 Å². The van der Waals surface area contributed by atoms with Gasteiger partial charge in [-0.05, 0) is 40.8 Å². The first-order valence-electron chi connectivity index (χ1n) is 6.57. The van der Waals surface area contributed by atoms with Crippen LogP contribution in [0.4, 0.5) is 0 Å². The number of hydrogen-bond donors (Lipinski definition) is 1. The molecule has 1 heterocycles. The summed E-state index contributed by atoms with van der Waals surface area (Å²) in [6, 6.07) is 10.1. The summed E-state index contributed by atoms with van der Waals surface area (Å²) in [5.74, 6) is 0.832. The predicted molar refractivity (Wildman–Crippen MR) is 85.1 cm³/mol. The highest BCUT2D eigenvalue weighted by Gasteiger charge is 2.41. The Hall–Kier alpha value is -1.04. The largest absolute Gasteiger partial charge is 0.370 e. The molecule has 5 heteroatoms. The number of hydrogen-bond acceptors (Lipinski definition) is 3. The summed E-state index contributed by atoms with van der Waals surface area (Å²) < 4.78 is 7.09. The minimum absolute atomic E-state index is 0.294. The molecule has 0 spiro atoms. The van der Waals surface area contributed by atoms with Gasteiger partial charge in [0.1, 0.15) is 16.1 Å². The number of aromatic nitrogens is 2. The standard InChI is InChI=1S/C15H15BrN2OS/c1-19-15(8-5-9-15)14-17-12(11(16)13(20)18-14)10-6-3-2-4-7-10/h2-4,6-7H,5,8-9H2,1H3,(H,17,18,20). The van der Waals surface area contributed by atoms with Crippen molar-refractivity contribution < 1.29 is 4.74 Å². The number of aromatic amines is 1. The van der Waals surface area contributed by atoms with Crippen molar-refractivity contribution in [3.63, 3.8) is 0 Å². The second-order valence-electron chi connectivity index (χ2n) is 5.00. The maximum Gasteiger partial charge on any atom is 0.144 e. The van der Waals surface area contributed by atoms with Gasteiger partial charge in [-0.3, -0.25) is 0 Å². The SMILES string of the molecule is COC1(c2nc(=S)c(Br)c(-c3ccccc3)[nH]2)CCC1. The molecule has 2 aromatic rings. The second kappa shape index (κ2) is 5.39. The smallest absolute Gasteiger partial charge is 0.144 e. The molecule has 1 aromatic carbocycles. The molecule has 0 aliphatic heterocycles. The van der Waals surface area contributed by atoms with E-state index in [1.165, 1.54) is 0 Å². The lowest BCUT2D eigenvalue weighted by molar-refractivity contribution is -0.0846. The van der Waals surface area contributed by atoms with Gasteiger partial charge >= 0.3 is 0 Å². The van der Waals surface area contributed by atoms with Crippen molar-refractivity contribution in [2.75, 3.05) is 7.11 Å². The fourth-order valence-corrected chi connectivity index (χ4v) is 3.12. The van der Waals surface area contributed by atoms with E-state index >= 15 is 0 Å². The highest BCUT2D eigenvalue weighted by Crippen LogP contribution is 2.43. The summed E-state index contributed by atoms with van der Waals surface area (Å²) >= 11 is 8.92. The van der Waals surface area contributed by atoms with Crippen molar-refractivity contribution in [2.24, 2.45) is 0 Å². The summed E-state index contributed by atoms with van der Waals surface area (Å²) in [5, 5.41) is 0.